The number of ether oxygens (including phenoxy) is 2. The van der Waals surface area contributed by atoms with Gasteiger partial charge in [0, 0.05) is 19.3 Å². The first kappa shape index (κ1) is 17.4. The van der Waals surface area contributed by atoms with Crippen LogP contribution >= 0.6 is 0 Å². The second-order valence-corrected chi connectivity index (χ2v) is 6.49. The van der Waals surface area contributed by atoms with Gasteiger partial charge in [-0.1, -0.05) is 13.8 Å². The molecule has 1 atom stereocenters. The average Bonchev–Trinajstić information content (AvgIpc) is 3.20. The maximum absolute atomic E-state index is 11.9. The third-order valence-corrected chi connectivity index (χ3v) is 3.79. The van der Waals surface area contributed by atoms with Gasteiger partial charge >= 0.3 is 5.97 Å². The molecule has 1 aliphatic rings. The number of hydrogen-bond donors (Lipinski definition) is 1. The minimum Gasteiger partial charge on any atom is -0.468 e. The van der Waals surface area contributed by atoms with Crippen molar-refractivity contribution in [2.75, 3.05) is 20.3 Å². The fraction of sp³-hybridized carbons (Fsp3) is 0.938. The highest BCUT2D eigenvalue weighted by Crippen LogP contribution is 2.26. The molecule has 0 bridgehead atoms. The van der Waals surface area contributed by atoms with Crippen LogP contribution in [0.5, 0.6) is 0 Å². The number of nitrogens with one attached hydrogen (secondary N) is 1. The quantitative estimate of drug-likeness (QED) is 0.468. The number of unbranched alkanes of at least 4 members (excludes halogenated alkanes) is 1. The van der Waals surface area contributed by atoms with Gasteiger partial charge in [0.05, 0.1) is 7.11 Å². The molecule has 0 heterocycles. The number of esters is 1. The molecule has 0 aromatic rings. The summed E-state index contributed by atoms with van der Waals surface area (Å²) in [5.41, 5.74) is -0.534. The van der Waals surface area contributed by atoms with Gasteiger partial charge in [0.15, 0.2) is 0 Å². The molecule has 4 nitrogen and oxygen atoms in total. The van der Waals surface area contributed by atoms with Crippen molar-refractivity contribution in [2.24, 2.45) is 5.92 Å². The van der Waals surface area contributed by atoms with Crippen molar-refractivity contribution in [3.8, 4) is 0 Å². The Labute approximate surface area is 123 Å². The van der Waals surface area contributed by atoms with E-state index in [1.807, 2.05) is 6.92 Å². The van der Waals surface area contributed by atoms with Crippen molar-refractivity contribution in [3.63, 3.8) is 0 Å². The summed E-state index contributed by atoms with van der Waals surface area (Å²) in [6, 6.07) is 0.501. The van der Waals surface area contributed by atoms with E-state index < -0.39 is 5.54 Å². The standard InChI is InChI=1S/C16H31NO3/c1-13(2)9-12-20-11-6-5-10-16(3,15(18)19-4)17-14-7-8-14/h13-14,17H,5-12H2,1-4H3. The van der Waals surface area contributed by atoms with E-state index in [9.17, 15) is 4.79 Å². The molecule has 4 heteroatoms. The lowest BCUT2D eigenvalue weighted by Crippen LogP contribution is -2.51. The van der Waals surface area contributed by atoms with Gasteiger partial charge in [-0.25, -0.2) is 0 Å². The lowest BCUT2D eigenvalue weighted by Gasteiger charge is -2.28. The zero-order valence-corrected chi connectivity index (χ0v) is 13.5. The summed E-state index contributed by atoms with van der Waals surface area (Å²) in [6.45, 7) is 7.99. The van der Waals surface area contributed by atoms with Crippen LogP contribution in [0.3, 0.4) is 0 Å². The predicted molar refractivity (Wildman–Crippen MR) is 80.7 cm³/mol. The van der Waals surface area contributed by atoms with Crippen LogP contribution in [-0.4, -0.2) is 37.9 Å². The van der Waals surface area contributed by atoms with E-state index in [0.29, 0.717) is 12.0 Å². The van der Waals surface area contributed by atoms with E-state index in [4.69, 9.17) is 9.47 Å². The van der Waals surface area contributed by atoms with Crippen molar-refractivity contribution < 1.29 is 14.3 Å². The summed E-state index contributed by atoms with van der Waals surface area (Å²) < 4.78 is 10.5. The van der Waals surface area contributed by atoms with Crippen molar-refractivity contribution in [1.82, 2.24) is 5.32 Å². The molecule has 1 rings (SSSR count). The first-order valence-corrected chi connectivity index (χ1v) is 7.92. The second kappa shape index (κ2) is 8.63. The van der Waals surface area contributed by atoms with Gasteiger partial charge in [-0.2, -0.15) is 0 Å². The Balaban J connectivity index is 2.16. The molecule has 1 fully saturated rings. The molecule has 1 saturated carbocycles. The van der Waals surface area contributed by atoms with Crippen LogP contribution in [0.1, 0.15) is 59.3 Å². The summed E-state index contributed by atoms with van der Waals surface area (Å²) in [5, 5.41) is 3.42. The van der Waals surface area contributed by atoms with Gasteiger partial charge in [-0.05, 0) is 51.4 Å². The third-order valence-electron chi connectivity index (χ3n) is 3.79. The Morgan fingerprint density at radius 2 is 2.00 bits per heavy atom. The second-order valence-electron chi connectivity index (χ2n) is 6.49. The van der Waals surface area contributed by atoms with Gasteiger partial charge in [0.2, 0.25) is 0 Å². The number of carbonyl (C=O) groups is 1. The Bertz CT molecular complexity index is 289. The Hall–Kier alpha value is -0.610. The molecule has 0 aromatic carbocycles. The minimum atomic E-state index is -0.534. The first-order valence-electron chi connectivity index (χ1n) is 7.92. The first-order chi connectivity index (χ1) is 9.48. The Morgan fingerprint density at radius 1 is 1.30 bits per heavy atom. The predicted octanol–water partition coefficient (Wildman–Crippen LogP) is 2.90. The van der Waals surface area contributed by atoms with Crippen LogP contribution in [0.4, 0.5) is 0 Å². The van der Waals surface area contributed by atoms with Gasteiger partial charge in [-0.15, -0.1) is 0 Å². The van der Waals surface area contributed by atoms with Gasteiger partial charge < -0.3 is 9.47 Å². The number of methoxy groups -OCH3 is 1. The minimum absolute atomic E-state index is 0.148. The topological polar surface area (TPSA) is 47.6 Å². The molecule has 0 aromatic heterocycles. The van der Waals surface area contributed by atoms with Crippen LogP contribution in [-0.2, 0) is 14.3 Å². The summed E-state index contributed by atoms with van der Waals surface area (Å²) in [5.74, 6) is 0.547. The highest BCUT2D eigenvalue weighted by Gasteiger charge is 2.38. The van der Waals surface area contributed by atoms with Crippen LogP contribution in [0.25, 0.3) is 0 Å². The largest absolute Gasteiger partial charge is 0.468 e. The maximum Gasteiger partial charge on any atom is 0.325 e. The van der Waals surface area contributed by atoms with Crippen molar-refractivity contribution in [3.05, 3.63) is 0 Å². The normalized spacial score (nSPS) is 18.1. The summed E-state index contributed by atoms with van der Waals surface area (Å²) in [7, 11) is 1.46. The molecule has 0 spiro atoms. The summed E-state index contributed by atoms with van der Waals surface area (Å²) in [4.78, 5) is 11.9. The smallest absolute Gasteiger partial charge is 0.325 e. The van der Waals surface area contributed by atoms with Crippen molar-refractivity contribution in [1.29, 1.82) is 0 Å². The van der Waals surface area contributed by atoms with E-state index in [2.05, 4.69) is 19.2 Å². The fourth-order valence-electron chi connectivity index (χ4n) is 2.24. The summed E-state index contributed by atoms with van der Waals surface area (Å²) >= 11 is 0. The maximum atomic E-state index is 11.9. The van der Waals surface area contributed by atoms with E-state index >= 15 is 0 Å². The molecular weight excluding hydrogens is 254 g/mol. The lowest BCUT2D eigenvalue weighted by atomic mass is 9.94. The van der Waals surface area contributed by atoms with Gasteiger partial charge in [-0.3, -0.25) is 10.1 Å². The van der Waals surface area contributed by atoms with Crippen LogP contribution in [0.15, 0.2) is 0 Å². The summed E-state index contributed by atoms with van der Waals surface area (Å²) in [6.07, 6.45) is 6.24. The van der Waals surface area contributed by atoms with Gasteiger partial charge in [0.1, 0.15) is 5.54 Å². The SMILES string of the molecule is COC(=O)C(C)(CCCCOCCC(C)C)NC1CC1. The van der Waals surface area contributed by atoms with Crippen LogP contribution < -0.4 is 5.32 Å². The fourth-order valence-corrected chi connectivity index (χ4v) is 2.24. The van der Waals surface area contributed by atoms with Crippen molar-refractivity contribution >= 4 is 5.97 Å². The molecule has 1 N–H and O–H groups in total. The Kier molecular flexibility index (Phi) is 7.52. The van der Waals surface area contributed by atoms with Gasteiger partial charge in [0.25, 0.3) is 0 Å². The Morgan fingerprint density at radius 3 is 2.55 bits per heavy atom. The molecule has 1 unspecified atom stereocenters. The highest BCUT2D eigenvalue weighted by molar-refractivity contribution is 5.80. The highest BCUT2D eigenvalue weighted by atomic mass is 16.5. The molecule has 0 radical (unpaired) electrons. The molecular formula is C16H31NO3. The van der Waals surface area contributed by atoms with Crippen molar-refractivity contribution in [2.45, 2.75) is 70.9 Å². The number of carbonyl (C=O) groups excluding carboxylic acids is 1. The molecule has 0 saturated heterocycles. The zero-order valence-electron chi connectivity index (χ0n) is 13.5. The average molecular weight is 285 g/mol. The molecule has 0 amide bonds. The lowest BCUT2D eigenvalue weighted by molar-refractivity contribution is -0.148. The van der Waals surface area contributed by atoms with E-state index in [0.717, 1.165) is 38.9 Å². The van der Waals surface area contributed by atoms with Crippen LogP contribution in [0.2, 0.25) is 0 Å². The molecule has 118 valence electrons. The van der Waals surface area contributed by atoms with E-state index in [1.165, 1.54) is 20.0 Å². The molecule has 0 aliphatic heterocycles. The third kappa shape index (κ3) is 6.71. The number of rotatable bonds is 11. The zero-order chi connectivity index (χ0) is 15.0. The van der Waals surface area contributed by atoms with Crippen LogP contribution in [0, 0.1) is 5.92 Å². The van der Waals surface area contributed by atoms with E-state index in [-0.39, 0.29) is 5.97 Å². The molecule has 20 heavy (non-hydrogen) atoms. The molecule has 1 aliphatic carbocycles. The number of hydrogen-bond acceptors (Lipinski definition) is 4. The monoisotopic (exact) mass is 285 g/mol. The van der Waals surface area contributed by atoms with E-state index in [1.54, 1.807) is 0 Å².